The van der Waals surface area contributed by atoms with Crippen LogP contribution in [-0.4, -0.2) is 26.1 Å². The lowest BCUT2D eigenvalue weighted by Crippen LogP contribution is -2.03. The zero-order valence-electron chi connectivity index (χ0n) is 10.2. The Kier molecular flexibility index (Phi) is 2.52. The van der Waals surface area contributed by atoms with Crippen molar-refractivity contribution in [1.82, 2.24) is 15.0 Å². The predicted octanol–water partition coefficient (Wildman–Crippen LogP) is 2.43. The zero-order chi connectivity index (χ0) is 13.4. The Balaban J connectivity index is 2.28. The molecule has 0 fully saturated rings. The van der Waals surface area contributed by atoms with Crippen LogP contribution in [0.3, 0.4) is 0 Å². The number of hydrogen-bond donors (Lipinski definition) is 1. The smallest absolute Gasteiger partial charge is 0.358 e. The van der Waals surface area contributed by atoms with Crippen LogP contribution >= 0.6 is 0 Å². The number of aromatic carboxylic acids is 1. The molecule has 0 unspecified atom stereocenters. The second-order valence-corrected chi connectivity index (χ2v) is 4.24. The molecule has 1 aromatic heterocycles. The molecule has 0 aliphatic heterocycles. The van der Waals surface area contributed by atoms with Crippen molar-refractivity contribution in [2.24, 2.45) is 0 Å². The fourth-order valence-electron chi connectivity index (χ4n) is 2.15. The summed E-state index contributed by atoms with van der Waals surface area (Å²) in [5.74, 6) is -1.07. The quantitative estimate of drug-likeness (QED) is 0.761. The van der Waals surface area contributed by atoms with Gasteiger partial charge in [0, 0.05) is 5.39 Å². The third kappa shape index (κ3) is 1.76. The lowest BCUT2D eigenvalue weighted by Gasteiger charge is -2.07. The van der Waals surface area contributed by atoms with Crippen molar-refractivity contribution in [2.45, 2.75) is 6.92 Å². The normalized spacial score (nSPS) is 10.8. The predicted molar refractivity (Wildman–Crippen MR) is 70.6 cm³/mol. The van der Waals surface area contributed by atoms with Crippen molar-refractivity contribution in [3.05, 3.63) is 53.9 Å². The molecular formula is C14H11N3O2. The van der Waals surface area contributed by atoms with Crippen LogP contribution in [0.25, 0.3) is 16.5 Å². The molecule has 0 atom stereocenters. The van der Waals surface area contributed by atoms with Crippen LogP contribution in [0.4, 0.5) is 0 Å². The standard InChI is InChI=1S/C14H11N3O2/c1-9-13(14(18)19)15-16-17(9)12-8-4-6-10-5-2-3-7-11(10)12/h2-8H,1H3,(H,18,19). The average molecular weight is 253 g/mol. The first-order valence-corrected chi connectivity index (χ1v) is 5.82. The van der Waals surface area contributed by atoms with Gasteiger partial charge in [-0.05, 0) is 18.4 Å². The molecule has 0 aliphatic rings. The van der Waals surface area contributed by atoms with Crippen molar-refractivity contribution in [1.29, 1.82) is 0 Å². The number of hydrogen-bond acceptors (Lipinski definition) is 3. The summed E-state index contributed by atoms with van der Waals surface area (Å²) < 4.78 is 1.56. The minimum Gasteiger partial charge on any atom is -0.476 e. The number of rotatable bonds is 2. The van der Waals surface area contributed by atoms with Gasteiger partial charge >= 0.3 is 5.97 Å². The summed E-state index contributed by atoms with van der Waals surface area (Å²) in [5.41, 5.74) is 1.33. The Hall–Kier alpha value is -2.69. The van der Waals surface area contributed by atoms with Crippen LogP contribution in [0.15, 0.2) is 42.5 Å². The highest BCUT2D eigenvalue weighted by atomic mass is 16.4. The highest BCUT2D eigenvalue weighted by molar-refractivity contribution is 5.91. The summed E-state index contributed by atoms with van der Waals surface area (Å²) in [5, 5.41) is 18.8. The first-order valence-electron chi connectivity index (χ1n) is 5.82. The van der Waals surface area contributed by atoms with Gasteiger partial charge in [-0.25, -0.2) is 9.48 Å². The molecule has 0 saturated carbocycles. The molecule has 3 rings (SSSR count). The maximum absolute atomic E-state index is 11.0. The number of benzene rings is 2. The molecule has 19 heavy (non-hydrogen) atoms. The van der Waals surface area contributed by atoms with E-state index in [1.165, 1.54) is 0 Å². The van der Waals surface area contributed by atoms with Gasteiger partial charge in [-0.15, -0.1) is 5.10 Å². The Morgan fingerprint density at radius 3 is 2.63 bits per heavy atom. The van der Waals surface area contributed by atoms with Crippen LogP contribution in [0, 0.1) is 6.92 Å². The molecule has 0 saturated heterocycles. The van der Waals surface area contributed by atoms with E-state index in [-0.39, 0.29) is 5.69 Å². The molecule has 1 N–H and O–H groups in total. The van der Waals surface area contributed by atoms with Crippen LogP contribution < -0.4 is 0 Å². The monoisotopic (exact) mass is 253 g/mol. The highest BCUT2D eigenvalue weighted by Gasteiger charge is 2.16. The molecule has 0 aliphatic carbocycles. The summed E-state index contributed by atoms with van der Waals surface area (Å²) in [4.78, 5) is 11.0. The third-order valence-electron chi connectivity index (χ3n) is 3.09. The van der Waals surface area contributed by atoms with E-state index in [2.05, 4.69) is 10.3 Å². The Morgan fingerprint density at radius 1 is 1.16 bits per heavy atom. The number of carboxylic acid groups (broad SMARTS) is 1. The lowest BCUT2D eigenvalue weighted by atomic mass is 10.1. The molecule has 0 amide bonds. The third-order valence-corrected chi connectivity index (χ3v) is 3.09. The molecule has 94 valence electrons. The van der Waals surface area contributed by atoms with Gasteiger partial charge in [0.1, 0.15) is 0 Å². The van der Waals surface area contributed by atoms with Crippen molar-refractivity contribution >= 4 is 16.7 Å². The van der Waals surface area contributed by atoms with Gasteiger partial charge < -0.3 is 5.11 Å². The summed E-state index contributed by atoms with van der Waals surface area (Å²) in [6.45, 7) is 1.70. The van der Waals surface area contributed by atoms with Crippen LogP contribution in [-0.2, 0) is 0 Å². The Labute approximate surface area is 109 Å². The SMILES string of the molecule is Cc1c(C(=O)O)nnn1-c1cccc2ccccc12. The maximum Gasteiger partial charge on any atom is 0.358 e. The molecule has 0 bridgehead atoms. The second kappa shape index (κ2) is 4.20. The summed E-state index contributed by atoms with van der Waals surface area (Å²) in [7, 11) is 0. The van der Waals surface area contributed by atoms with Crippen molar-refractivity contribution in [3.63, 3.8) is 0 Å². The van der Waals surface area contributed by atoms with Gasteiger partial charge in [0.2, 0.25) is 0 Å². The lowest BCUT2D eigenvalue weighted by molar-refractivity contribution is 0.0689. The fourth-order valence-corrected chi connectivity index (χ4v) is 2.15. The van der Waals surface area contributed by atoms with E-state index < -0.39 is 5.97 Å². The highest BCUT2D eigenvalue weighted by Crippen LogP contribution is 2.23. The maximum atomic E-state index is 11.0. The molecule has 3 aromatic rings. The summed E-state index contributed by atoms with van der Waals surface area (Å²) >= 11 is 0. The molecule has 0 radical (unpaired) electrons. The number of carboxylic acids is 1. The first-order chi connectivity index (χ1) is 9.18. The van der Waals surface area contributed by atoms with E-state index in [0.29, 0.717) is 5.69 Å². The van der Waals surface area contributed by atoms with E-state index >= 15 is 0 Å². The minimum absolute atomic E-state index is 0.0204. The van der Waals surface area contributed by atoms with Crippen LogP contribution in [0.2, 0.25) is 0 Å². The molecular weight excluding hydrogens is 242 g/mol. The number of carbonyl (C=O) groups is 1. The van der Waals surface area contributed by atoms with Crippen LogP contribution in [0.5, 0.6) is 0 Å². The number of nitrogens with zero attached hydrogens (tertiary/aromatic N) is 3. The Morgan fingerprint density at radius 2 is 1.89 bits per heavy atom. The van der Waals surface area contributed by atoms with Gasteiger partial charge in [0.15, 0.2) is 5.69 Å². The van der Waals surface area contributed by atoms with Gasteiger partial charge in [-0.1, -0.05) is 41.6 Å². The largest absolute Gasteiger partial charge is 0.476 e. The first kappa shape index (κ1) is 11.4. The van der Waals surface area contributed by atoms with E-state index in [4.69, 9.17) is 5.11 Å². The molecule has 5 nitrogen and oxygen atoms in total. The van der Waals surface area contributed by atoms with Gasteiger partial charge in [-0.3, -0.25) is 0 Å². The van der Waals surface area contributed by atoms with Gasteiger partial charge in [-0.2, -0.15) is 0 Å². The molecule has 0 spiro atoms. The molecule has 2 aromatic carbocycles. The minimum atomic E-state index is -1.07. The topological polar surface area (TPSA) is 68.0 Å². The van der Waals surface area contributed by atoms with Crippen molar-refractivity contribution in [2.75, 3.05) is 0 Å². The number of fused-ring (bicyclic) bond motifs is 1. The fraction of sp³-hybridized carbons (Fsp3) is 0.0714. The second-order valence-electron chi connectivity index (χ2n) is 4.24. The average Bonchev–Trinajstić information content (AvgIpc) is 2.80. The number of aromatic nitrogens is 3. The van der Waals surface area contributed by atoms with Crippen LogP contribution in [0.1, 0.15) is 16.2 Å². The Bertz CT molecular complexity index is 772. The van der Waals surface area contributed by atoms with Gasteiger partial charge in [0.25, 0.3) is 0 Å². The van der Waals surface area contributed by atoms with E-state index in [9.17, 15) is 4.79 Å². The summed E-state index contributed by atoms with van der Waals surface area (Å²) in [6.07, 6.45) is 0. The van der Waals surface area contributed by atoms with E-state index in [1.807, 2.05) is 42.5 Å². The van der Waals surface area contributed by atoms with E-state index in [1.54, 1.807) is 11.6 Å². The van der Waals surface area contributed by atoms with Crippen molar-refractivity contribution in [3.8, 4) is 5.69 Å². The zero-order valence-corrected chi connectivity index (χ0v) is 10.2. The van der Waals surface area contributed by atoms with E-state index in [0.717, 1.165) is 16.5 Å². The molecule has 5 heteroatoms. The van der Waals surface area contributed by atoms with Crippen molar-refractivity contribution < 1.29 is 9.90 Å². The summed E-state index contributed by atoms with van der Waals surface area (Å²) in [6, 6.07) is 13.7. The molecule has 1 heterocycles. The van der Waals surface area contributed by atoms with Gasteiger partial charge in [0.05, 0.1) is 11.4 Å².